The van der Waals surface area contributed by atoms with Gasteiger partial charge in [-0.25, -0.2) is 0 Å². The molecule has 0 saturated heterocycles. The Hall–Kier alpha value is -4.71. The molecule has 0 unspecified atom stereocenters. The van der Waals surface area contributed by atoms with Crippen LogP contribution in [0.4, 0.5) is 0 Å². The van der Waals surface area contributed by atoms with Crippen molar-refractivity contribution in [2.45, 2.75) is 26.3 Å². The van der Waals surface area contributed by atoms with E-state index in [4.69, 9.17) is 23.4 Å². The minimum atomic E-state index is -0.538. The van der Waals surface area contributed by atoms with Crippen LogP contribution < -0.4 is 24.3 Å². The van der Waals surface area contributed by atoms with Crippen LogP contribution in [0.5, 0.6) is 23.0 Å². The zero-order valence-corrected chi connectivity index (χ0v) is 20.7. The standard InChI is InChI=1S/C28H28N2O7/c1-3-34-26-17-20(16-21(18-29)28(32)30-19-24-6-4-14-36-24)8-13-25(26)37-27(31)7-5-15-35-23-11-9-22(33-2)10-12-23/h4,6,8-14,16-17H,3,5,7,15,19H2,1-2H3,(H,30,32)/b21-16+. The normalized spacial score (nSPS) is 10.8. The molecule has 1 aromatic heterocycles. The number of rotatable bonds is 13. The molecule has 0 radical (unpaired) electrons. The number of methoxy groups -OCH3 is 1. The Morgan fingerprint density at radius 2 is 1.84 bits per heavy atom. The number of nitrogens with one attached hydrogen (secondary N) is 1. The average molecular weight is 505 g/mol. The lowest BCUT2D eigenvalue weighted by Gasteiger charge is -2.12. The van der Waals surface area contributed by atoms with E-state index in [0.717, 1.165) is 5.75 Å². The van der Waals surface area contributed by atoms with Gasteiger partial charge in [-0.2, -0.15) is 5.26 Å². The first-order valence-electron chi connectivity index (χ1n) is 11.7. The van der Waals surface area contributed by atoms with Gasteiger partial charge in [0, 0.05) is 6.42 Å². The average Bonchev–Trinajstić information content (AvgIpc) is 3.44. The van der Waals surface area contributed by atoms with Crippen molar-refractivity contribution in [2.75, 3.05) is 20.3 Å². The number of furan rings is 1. The number of carbonyl (C=O) groups excluding carboxylic acids is 2. The fourth-order valence-corrected chi connectivity index (χ4v) is 3.21. The number of hydrogen-bond donors (Lipinski definition) is 1. The van der Waals surface area contributed by atoms with Crippen LogP contribution >= 0.6 is 0 Å². The van der Waals surface area contributed by atoms with Gasteiger partial charge >= 0.3 is 5.97 Å². The molecule has 3 rings (SSSR count). The van der Waals surface area contributed by atoms with Gasteiger partial charge in [0.15, 0.2) is 11.5 Å². The van der Waals surface area contributed by atoms with Crippen molar-refractivity contribution >= 4 is 18.0 Å². The first-order valence-corrected chi connectivity index (χ1v) is 11.7. The molecule has 1 N–H and O–H groups in total. The summed E-state index contributed by atoms with van der Waals surface area (Å²) < 4.78 is 27.0. The molecule has 0 aliphatic carbocycles. The number of amides is 1. The molecule has 2 aromatic carbocycles. The van der Waals surface area contributed by atoms with Crippen molar-refractivity contribution in [2.24, 2.45) is 0 Å². The Labute approximate surface area is 215 Å². The number of carbonyl (C=O) groups is 2. The summed E-state index contributed by atoms with van der Waals surface area (Å²) in [6, 6.07) is 17.3. The molecule has 0 aliphatic rings. The summed E-state index contributed by atoms with van der Waals surface area (Å²) in [7, 11) is 1.59. The molecule has 1 amide bonds. The van der Waals surface area contributed by atoms with Gasteiger partial charge < -0.3 is 28.7 Å². The molecule has 0 fully saturated rings. The second-order valence-corrected chi connectivity index (χ2v) is 7.67. The van der Waals surface area contributed by atoms with Crippen molar-refractivity contribution in [3.63, 3.8) is 0 Å². The molecule has 0 atom stereocenters. The van der Waals surface area contributed by atoms with Gasteiger partial charge in [0.25, 0.3) is 5.91 Å². The molecule has 1 heterocycles. The fourth-order valence-electron chi connectivity index (χ4n) is 3.21. The molecular weight excluding hydrogens is 476 g/mol. The van der Waals surface area contributed by atoms with Gasteiger partial charge in [0.2, 0.25) is 0 Å². The van der Waals surface area contributed by atoms with Gasteiger partial charge in [-0.3, -0.25) is 9.59 Å². The number of esters is 1. The molecule has 0 aliphatic heterocycles. The summed E-state index contributed by atoms with van der Waals surface area (Å²) in [5, 5.41) is 12.1. The predicted octanol–water partition coefficient (Wildman–Crippen LogP) is 4.67. The maximum atomic E-state index is 12.4. The van der Waals surface area contributed by atoms with E-state index in [1.807, 2.05) is 6.07 Å². The summed E-state index contributed by atoms with van der Waals surface area (Å²) >= 11 is 0. The van der Waals surface area contributed by atoms with Crippen molar-refractivity contribution in [3.8, 4) is 29.1 Å². The highest BCUT2D eigenvalue weighted by molar-refractivity contribution is 6.01. The lowest BCUT2D eigenvalue weighted by atomic mass is 10.1. The van der Waals surface area contributed by atoms with E-state index in [2.05, 4.69) is 5.32 Å². The van der Waals surface area contributed by atoms with Crippen LogP contribution in [-0.4, -0.2) is 32.2 Å². The van der Waals surface area contributed by atoms with E-state index in [1.54, 1.807) is 68.6 Å². The Balaban J connectivity index is 1.56. The molecule has 0 spiro atoms. The van der Waals surface area contributed by atoms with Crippen LogP contribution in [0.1, 0.15) is 31.1 Å². The van der Waals surface area contributed by atoms with Crippen LogP contribution in [-0.2, 0) is 16.1 Å². The SMILES string of the molecule is CCOc1cc(/C=C(\C#N)C(=O)NCc2ccco2)ccc1OC(=O)CCCOc1ccc(OC)cc1. The molecule has 3 aromatic rings. The lowest BCUT2D eigenvalue weighted by Crippen LogP contribution is -2.23. The molecule has 192 valence electrons. The number of hydrogen-bond acceptors (Lipinski definition) is 8. The van der Waals surface area contributed by atoms with Gasteiger partial charge in [0.05, 0.1) is 33.1 Å². The van der Waals surface area contributed by atoms with Gasteiger partial charge in [0.1, 0.15) is 28.9 Å². The molecule has 37 heavy (non-hydrogen) atoms. The van der Waals surface area contributed by atoms with Crippen LogP contribution in [0.15, 0.2) is 70.9 Å². The van der Waals surface area contributed by atoms with Crippen molar-refractivity contribution in [3.05, 3.63) is 77.8 Å². The third-order valence-electron chi connectivity index (χ3n) is 5.02. The van der Waals surface area contributed by atoms with Crippen molar-refractivity contribution in [1.82, 2.24) is 5.32 Å². The third-order valence-corrected chi connectivity index (χ3v) is 5.02. The van der Waals surface area contributed by atoms with Gasteiger partial charge in [-0.15, -0.1) is 0 Å². The quantitative estimate of drug-likeness (QED) is 0.117. The third kappa shape index (κ3) is 8.47. The van der Waals surface area contributed by atoms with Crippen LogP contribution in [0.25, 0.3) is 6.08 Å². The second-order valence-electron chi connectivity index (χ2n) is 7.67. The maximum absolute atomic E-state index is 12.4. The summed E-state index contributed by atoms with van der Waals surface area (Å²) in [5.41, 5.74) is 0.455. The minimum absolute atomic E-state index is 0.0874. The van der Waals surface area contributed by atoms with Gasteiger partial charge in [-0.05, 0) is 73.5 Å². The smallest absolute Gasteiger partial charge is 0.311 e. The molecule has 9 heteroatoms. The van der Waals surface area contributed by atoms with E-state index in [9.17, 15) is 14.9 Å². The summed E-state index contributed by atoms with van der Waals surface area (Å²) in [5.74, 6) is 1.60. The molecular formula is C28H28N2O7. The predicted molar refractivity (Wildman–Crippen MR) is 135 cm³/mol. The van der Waals surface area contributed by atoms with E-state index < -0.39 is 11.9 Å². The highest BCUT2D eigenvalue weighted by atomic mass is 16.6. The van der Waals surface area contributed by atoms with Crippen LogP contribution in [0.3, 0.4) is 0 Å². The first kappa shape index (κ1) is 26.9. The fraction of sp³-hybridized carbons (Fsp3) is 0.250. The lowest BCUT2D eigenvalue weighted by molar-refractivity contribution is -0.134. The van der Waals surface area contributed by atoms with E-state index >= 15 is 0 Å². The Kier molecular flexibility index (Phi) is 10.2. The van der Waals surface area contributed by atoms with Crippen molar-refractivity contribution < 1.29 is 33.0 Å². The summed E-state index contributed by atoms with van der Waals surface area (Å²) in [4.78, 5) is 24.7. The first-order chi connectivity index (χ1) is 18.0. The van der Waals surface area contributed by atoms with Gasteiger partial charge in [-0.1, -0.05) is 6.07 Å². The second kappa shape index (κ2) is 14.0. The highest BCUT2D eigenvalue weighted by Crippen LogP contribution is 2.30. The number of nitrogens with zero attached hydrogens (tertiary/aromatic N) is 1. The Morgan fingerprint density at radius 1 is 1.05 bits per heavy atom. The molecule has 9 nitrogen and oxygen atoms in total. The van der Waals surface area contributed by atoms with E-state index in [0.29, 0.717) is 42.5 Å². The Morgan fingerprint density at radius 3 is 2.51 bits per heavy atom. The summed E-state index contributed by atoms with van der Waals surface area (Å²) in [6.07, 6.45) is 3.55. The number of nitriles is 1. The largest absolute Gasteiger partial charge is 0.497 e. The maximum Gasteiger partial charge on any atom is 0.311 e. The topological polar surface area (TPSA) is 120 Å². The van der Waals surface area contributed by atoms with Crippen LogP contribution in [0.2, 0.25) is 0 Å². The van der Waals surface area contributed by atoms with Crippen molar-refractivity contribution in [1.29, 1.82) is 5.26 Å². The Bertz CT molecular complexity index is 1240. The zero-order valence-electron chi connectivity index (χ0n) is 20.7. The monoisotopic (exact) mass is 504 g/mol. The number of benzene rings is 2. The van der Waals surface area contributed by atoms with E-state index in [1.165, 1.54) is 12.3 Å². The molecule has 0 saturated carbocycles. The zero-order chi connectivity index (χ0) is 26.5. The molecule has 0 bridgehead atoms. The minimum Gasteiger partial charge on any atom is -0.497 e. The highest BCUT2D eigenvalue weighted by Gasteiger charge is 2.14. The van der Waals surface area contributed by atoms with Crippen LogP contribution in [0, 0.1) is 11.3 Å². The summed E-state index contributed by atoms with van der Waals surface area (Å²) in [6.45, 7) is 2.65. The number of ether oxygens (including phenoxy) is 4. The van der Waals surface area contributed by atoms with E-state index in [-0.39, 0.29) is 24.3 Å².